The molecule has 0 fully saturated rings. The molecule has 0 spiro atoms. The second kappa shape index (κ2) is 13.8. The van der Waals surface area contributed by atoms with Crippen molar-refractivity contribution in [1.82, 2.24) is 15.6 Å². The number of guanidine groups is 1. The first-order valence-electron chi connectivity index (χ1n) is 9.83. The van der Waals surface area contributed by atoms with Crippen LogP contribution in [0.1, 0.15) is 36.9 Å². The molecule has 1 aromatic heterocycles. The van der Waals surface area contributed by atoms with Crippen molar-refractivity contribution in [3.05, 3.63) is 53.7 Å². The molecule has 0 aliphatic rings. The lowest BCUT2D eigenvalue weighted by Gasteiger charge is -2.15. The zero-order valence-corrected chi connectivity index (χ0v) is 20.4. The Bertz CT molecular complexity index is 811. The minimum absolute atomic E-state index is 0. The van der Waals surface area contributed by atoms with Gasteiger partial charge in [0.25, 0.3) is 0 Å². The molecule has 2 rings (SSSR count). The van der Waals surface area contributed by atoms with E-state index < -0.39 is 0 Å². The first-order chi connectivity index (χ1) is 14.0. The first kappa shape index (κ1) is 25.7. The fourth-order valence-corrected chi connectivity index (χ4v) is 2.84. The molecule has 0 bridgehead atoms. The Hall–Kier alpha value is -2.36. The van der Waals surface area contributed by atoms with Crippen molar-refractivity contribution in [3.8, 4) is 5.75 Å². The zero-order chi connectivity index (χ0) is 21.1. The van der Waals surface area contributed by atoms with Gasteiger partial charge in [0.05, 0.1) is 7.11 Å². The van der Waals surface area contributed by atoms with Gasteiger partial charge in [0.2, 0.25) is 5.91 Å². The van der Waals surface area contributed by atoms with Gasteiger partial charge in [-0.25, -0.2) is 4.98 Å². The Labute approximate surface area is 196 Å². The Kier molecular flexibility index (Phi) is 11.8. The molecule has 1 aromatic carbocycles. The monoisotopic (exact) mass is 525 g/mol. The lowest BCUT2D eigenvalue weighted by atomic mass is 9.98. The van der Waals surface area contributed by atoms with Crippen LogP contribution in [0.15, 0.2) is 47.5 Å². The molecule has 1 heterocycles. The van der Waals surface area contributed by atoms with E-state index in [9.17, 15) is 4.79 Å². The second-order valence-electron chi connectivity index (χ2n) is 6.85. The van der Waals surface area contributed by atoms with Crippen molar-refractivity contribution < 1.29 is 9.53 Å². The number of methoxy groups -OCH3 is 1. The van der Waals surface area contributed by atoms with Crippen LogP contribution in [0.5, 0.6) is 5.75 Å². The number of hydrogen-bond acceptors (Lipinski definition) is 4. The van der Waals surface area contributed by atoms with Gasteiger partial charge in [-0.05, 0) is 49.1 Å². The molecule has 8 heteroatoms. The van der Waals surface area contributed by atoms with E-state index in [0.717, 1.165) is 24.4 Å². The number of pyridine rings is 1. The maximum atomic E-state index is 12.0. The molecule has 0 aliphatic heterocycles. The Morgan fingerprint density at radius 2 is 1.83 bits per heavy atom. The maximum Gasteiger partial charge on any atom is 0.227 e. The number of amides is 1. The number of benzene rings is 1. The largest absolute Gasteiger partial charge is 0.497 e. The molecule has 1 unspecified atom stereocenters. The molecule has 0 saturated carbocycles. The number of aryl methyl sites for hydroxylation is 1. The smallest absolute Gasteiger partial charge is 0.227 e. The van der Waals surface area contributed by atoms with Gasteiger partial charge >= 0.3 is 0 Å². The summed E-state index contributed by atoms with van der Waals surface area (Å²) in [5, 5.41) is 9.26. The number of carbonyl (C=O) groups excluding carboxylic acids is 1. The summed E-state index contributed by atoms with van der Waals surface area (Å²) in [6, 6.07) is 13.7. The standard InChI is InChI=1S/C22H31N5O2.HI/c1-16(18-8-10-19(29-4)11-9-18)12-14-24-22(23-3)25-15-13-21(28)27-20-7-5-6-17(2)26-20;/h5-11,16H,12-15H2,1-4H3,(H2,23,24,25)(H,26,27,28);1H. The quantitative estimate of drug-likeness (QED) is 0.264. The predicted octanol–water partition coefficient (Wildman–Crippen LogP) is 3.70. The highest BCUT2D eigenvalue weighted by molar-refractivity contribution is 14.0. The average molecular weight is 525 g/mol. The number of halogens is 1. The van der Waals surface area contributed by atoms with Gasteiger partial charge in [-0.1, -0.05) is 25.1 Å². The minimum Gasteiger partial charge on any atom is -0.497 e. The van der Waals surface area contributed by atoms with Crippen molar-refractivity contribution in [3.63, 3.8) is 0 Å². The SMILES string of the molecule is CN=C(NCCC(=O)Nc1cccc(C)n1)NCCC(C)c1ccc(OC)cc1.I. The molecule has 0 saturated heterocycles. The molecule has 164 valence electrons. The summed E-state index contributed by atoms with van der Waals surface area (Å²) in [6.45, 7) is 5.36. The van der Waals surface area contributed by atoms with E-state index in [1.54, 1.807) is 20.2 Å². The molecule has 3 N–H and O–H groups in total. The van der Waals surface area contributed by atoms with E-state index in [4.69, 9.17) is 4.74 Å². The number of carbonyl (C=O) groups is 1. The first-order valence-corrected chi connectivity index (χ1v) is 9.83. The van der Waals surface area contributed by atoms with Crippen LogP contribution >= 0.6 is 24.0 Å². The fourth-order valence-electron chi connectivity index (χ4n) is 2.84. The van der Waals surface area contributed by atoms with Crippen LogP contribution in [0.3, 0.4) is 0 Å². The number of nitrogens with zero attached hydrogens (tertiary/aromatic N) is 2. The van der Waals surface area contributed by atoms with Gasteiger partial charge in [0, 0.05) is 32.3 Å². The van der Waals surface area contributed by atoms with E-state index in [1.807, 2.05) is 31.2 Å². The van der Waals surface area contributed by atoms with Crippen molar-refractivity contribution in [2.75, 3.05) is 32.6 Å². The number of anilines is 1. The minimum atomic E-state index is -0.0841. The van der Waals surface area contributed by atoms with Crippen LogP contribution < -0.4 is 20.7 Å². The van der Waals surface area contributed by atoms with Crippen molar-refractivity contribution >= 4 is 41.7 Å². The van der Waals surface area contributed by atoms with Gasteiger partial charge in [-0.2, -0.15) is 0 Å². The van der Waals surface area contributed by atoms with E-state index in [2.05, 4.69) is 45.0 Å². The third-order valence-corrected chi connectivity index (χ3v) is 4.58. The van der Waals surface area contributed by atoms with Crippen LogP contribution in [0.25, 0.3) is 0 Å². The van der Waals surface area contributed by atoms with Crippen molar-refractivity contribution in [1.29, 1.82) is 0 Å². The van der Waals surface area contributed by atoms with E-state index in [1.165, 1.54) is 5.56 Å². The summed E-state index contributed by atoms with van der Waals surface area (Å²) >= 11 is 0. The molecule has 0 aliphatic carbocycles. The van der Waals surface area contributed by atoms with E-state index in [-0.39, 0.29) is 29.9 Å². The zero-order valence-electron chi connectivity index (χ0n) is 18.1. The fraction of sp³-hybridized carbons (Fsp3) is 0.409. The van der Waals surface area contributed by atoms with Crippen LogP contribution in [-0.4, -0.2) is 44.1 Å². The maximum absolute atomic E-state index is 12.0. The molecule has 0 radical (unpaired) electrons. The van der Waals surface area contributed by atoms with Crippen molar-refractivity contribution in [2.45, 2.75) is 32.6 Å². The molecule has 1 atom stereocenters. The summed E-state index contributed by atoms with van der Waals surface area (Å²) in [6.07, 6.45) is 1.30. The topological polar surface area (TPSA) is 87.6 Å². The van der Waals surface area contributed by atoms with E-state index >= 15 is 0 Å². The lowest BCUT2D eigenvalue weighted by molar-refractivity contribution is -0.116. The number of rotatable bonds is 9. The second-order valence-corrected chi connectivity index (χ2v) is 6.85. The summed E-state index contributed by atoms with van der Waals surface area (Å²) < 4.78 is 5.20. The molecular weight excluding hydrogens is 493 g/mol. The Morgan fingerprint density at radius 1 is 1.13 bits per heavy atom. The Balaban J connectivity index is 0.00000450. The highest BCUT2D eigenvalue weighted by Crippen LogP contribution is 2.21. The van der Waals surface area contributed by atoms with Crippen molar-refractivity contribution in [2.24, 2.45) is 4.99 Å². The van der Waals surface area contributed by atoms with E-state index in [0.29, 0.717) is 30.7 Å². The molecule has 7 nitrogen and oxygen atoms in total. The average Bonchev–Trinajstić information content (AvgIpc) is 2.72. The van der Waals surface area contributed by atoms with Crippen LogP contribution in [-0.2, 0) is 4.79 Å². The highest BCUT2D eigenvalue weighted by atomic mass is 127. The van der Waals surface area contributed by atoms with Gasteiger partial charge < -0.3 is 20.7 Å². The van der Waals surface area contributed by atoms with Gasteiger partial charge in [-0.15, -0.1) is 24.0 Å². The number of ether oxygens (including phenoxy) is 1. The number of aromatic nitrogens is 1. The summed E-state index contributed by atoms with van der Waals surface area (Å²) in [5.74, 6) is 2.46. The third-order valence-electron chi connectivity index (χ3n) is 4.58. The molecule has 30 heavy (non-hydrogen) atoms. The van der Waals surface area contributed by atoms with Crippen LogP contribution in [0, 0.1) is 6.92 Å². The normalized spacial score (nSPS) is 11.8. The van der Waals surface area contributed by atoms with Gasteiger partial charge in [-0.3, -0.25) is 9.79 Å². The summed E-state index contributed by atoms with van der Waals surface area (Å²) in [4.78, 5) is 20.5. The highest BCUT2D eigenvalue weighted by Gasteiger charge is 2.07. The number of hydrogen-bond donors (Lipinski definition) is 3. The number of nitrogens with one attached hydrogen (secondary N) is 3. The summed E-state index contributed by atoms with van der Waals surface area (Å²) in [7, 11) is 3.39. The predicted molar refractivity (Wildman–Crippen MR) is 133 cm³/mol. The van der Waals surface area contributed by atoms with Crippen LogP contribution in [0.4, 0.5) is 5.82 Å². The molecule has 1 amide bonds. The lowest BCUT2D eigenvalue weighted by Crippen LogP contribution is -2.39. The van der Waals surface area contributed by atoms with Crippen LogP contribution in [0.2, 0.25) is 0 Å². The molecular formula is C22H32IN5O2. The van der Waals surface area contributed by atoms with Gasteiger partial charge in [0.15, 0.2) is 5.96 Å². The Morgan fingerprint density at radius 3 is 2.47 bits per heavy atom. The molecule has 2 aromatic rings. The number of aliphatic imine (C=N–C) groups is 1. The third kappa shape index (κ3) is 8.98. The summed E-state index contributed by atoms with van der Waals surface area (Å²) in [5.41, 5.74) is 2.14. The van der Waals surface area contributed by atoms with Gasteiger partial charge in [0.1, 0.15) is 11.6 Å².